The first kappa shape index (κ1) is 14.6. The van der Waals surface area contributed by atoms with E-state index in [-0.39, 0.29) is 12.1 Å². The van der Waals surface area contributed by atoms with Gasteiger partial charge in [0.15, 0.2) is 0 Å². The van der Waals surface area contributed by atoms with Gasteiger partial charge in [0.1, 0.15) is 17.8 Å². The second-order valence-electron chi connectivity index (χ2n) is 5.31. The molecule has 0 spiro atoms. The van der Waals surface area contributed by atoms with Gasteiger partial charge in [-0.15, -0.1) is 0 Å². The molecule has 0 bridgehead atoms. The van der Waals surface area contributed by atoms with Gasteiger partial charge in [-0.05, 0) is 22.9 Å². The zero-order valence-electron chi connectivity index (χ0n) is 12.1. The summed E-state index contributed by atoms with van der Waals surface area (Å²) in [6.45, 7) is 0. The van der Waals surface area contributed by atoms with Gasteiger partial charge in [-0.25, -0.2) is 4.79 Å². The molecule has 3 rings (SSSR count). The highest BCUT2D eigenvalue weighted by molar-refractivity contribution is 6.01. The van der Waals surface area contributed by atoms with Crippen LogP contribution in [0.2, 0.25) is 0 Å². The Bertz CT molecular complexity index is 982. The van der Waals surface area contributed by atoms with Gasteiger partial charge < -0.3 is 15.4 Å². The SMILES string of the molecule is N#Cc1c2cc3ccccc3cc2cn1[C@@H](CC(N)=O)C(=O)O. The van der Waals surface area contributed by atoms with E-state index in [1.807, 2.05) is 42.5 Å². The minimum atomic E-state index is -1.20. The zero-order valence-corrected chi connectivity index (χ0v) is 12.1. The van der Waals surface area contributed by atoms with Crippen molar-refractivity contribution >= 4 is 33.4 Å². The van der Waals surface area contributed by atoms with E-state index in [0.29, 0.717) is 5.39 Å². The molecule has 1 heterocycles. The van der Waals surface area contributed by atoms with E-state index in [1.165, 1.54) is 4.57 Å². The van der Waals surface area contributed by atoms with Crippen LogP contribution in [0.1, 0.15) is 18.2 Å². The number of nitrogens with two attached hydrogens (primary N) is 1. The first-order chi connectivity index (χ1) is 11.0. The van der Waals surface area contributed by atoms with Crippen LogP contribution in [0.3, 0.4) is 0 Å². The van der Waals surface area contributed by atoms with Gasteiger partial charge in [0.05, 0.1) is 6.42 Å². The van der Waals surface area contributed by atoms with Crippen molar-refractivity contribution in [3.63, 3.8) is 0 Å². The van der Waals surface area contributed by atoms with Crippen molar-refractivity contribution < 1.29 is 14.7 Å². The van der Waals surface area contributed by atoms with Crippen LogP contribution in [0.15, 0.2) is 42.6 Å². The summed E-state index contributed by atoms with van der Waals surface area (Å²) in [5.74, 6) is -1.94. The van der Waals surface area contributed by atoms with Gasteiger partial charge in [-0.3, -0.25) is 4.79 Å². The maximum absolute atomic E-state index is 11.5. The van der Waals surface area contributed by atoms with Crippen LogP contribution in [-0.2, 0) is 9.59 Å². The quantitative estimate of drug-likeness (QED) is 0.769. The van der Waals surface area contributed by atoms with E-state index < -0.39 is 17.9 Å². The lowest BCUT2D eigenvalue weighted by molar-refractivity contribution is -0.142. The molecule has 0 aliphatic heterocycles. The predicted octanol–water partition coefficient (Wildman–Crippen LogP) is 2.17. The number of aromatic nitrogens is 1. The van der Waals surface area contributed by atoms with Crippen molar-refractivity contribution in [1.29, 1.82) is 5.26 Å². The second kappa shape index (κ2) is 5.46. The smallest absolute Gasteiger partial charge is 0.327 e. The van der Waals surface area contributed by atoms with Crippen LogP contribution < -0.4 is 5.73 Å². The number of carbonyl (C=O) groups is 2. The molecule has 3 aromatic rings. The number of fused-ring (bicyclic) bond motifs is 2. The molecule has 114 valence electrons. The number of aliphatic carboxylic acids is 1. The number of benzene rings is 2. The van der Waals surface area contributed by atoms with Crippen LogP contribution in [0.4, 0.5) is 0 Å². The molecule has 0 aliphatic carbocycles. The summed E-state index contributed by atoms with van der Waals surface area (Å²) in [5, 5.41) is 22.2. The van der Waals surface area contributed by atoms with Crippen molar-refractivity contribution in [1.82, 2.24) is 4.57 Å². The van der Waals surface area contributed by atoms with E-state index in [9.17, 15) is 20.0 Å². The Morgan fingerprint density at radius 3 is 2.43 bits per heavy atom. The third-order valence-corrected chi connectivity index (χ3v) is 3.83. The molecule has 6 nitrogen and oxygen atoms in total. The Morgan fingerprint density at radius 2 is 1.87 bits per heavy atom. The molecule has 0 unspecified atom stereocenters. The number of hydrogen-bond acceptors (Lipinski definition) is 3. The Balaban J connectivity index is 2.28. The summed E-state index contributed by atoms with van der Waals surface area (Å²) in [6.07, 6.45) is 1.21. The molecular formula is C17H13N3O3. The highest BCUT2D eigenvalue weighted by atomic mass is 16.4. The standard InChI is InChI=1S/C17H13N3O3/c18-8-15-13-6-11-4-2-1-3-10(11)5-12(13)9-20(15)14(17(22)23)7-16(19)21/h1-6,9,14H,7H2,(H2,19,21)(H,22,23)/t14-/m0/s1. The first-order valence-corrected chi connectivity index (χ1v) is 6.96. The number of rotatable bonds is 4. The number of carbonyl (C=O) groups excluding carboxylic acids is 1. The molecule has 1 aromatic heterocycles. The molecule has 23 heavy (non-hydrogen) atoms. The summed E-state index contributed by atoms with van der Waals surface area (Å²) in [4.78, 5) is 22.6. The number of hydrogen-bond donors (Lipinski definition) is 2. The Hall–Kier alpha value is -3.33. The molecule has 0 radical (unpaired) electrons. The van der Waals surface area contributed by atoms with E-state index >= 15 is 0 Å². The van der Waals surface area contributed by atoms with Gasteiger partial charge in [0.25, 0.3) is 0 Å². The fourth-order valence-electron chi connectivity index (χ4n) is 2.78. The molecule has 0 fully saturated rings. The molecule has 1 amide bonds. The normalized spacial score (nSPS) is 12.1. The summed E-state index contributed by atoms with van der Waals surface area (Å²) in [7, 11) is 0. The largest absolute Gasteiger partial charge is 0.480 e. The van der Waals surface area contributed by atoms with Crippen molar-refractivity contribution in [3.05, 3.63) is 48.3 Å². The van der Waals surface area contributed by atoms with Crippen molar-refractivity contribution in [2.45, 2.75) is 12.5 Å². The highest BCUT2D eigenvalue weighted by Crippen LogP contribution is 2.29. The fraction of sp³-hybridized carbons (Fsp3) is 0.118. The molecule has 1 atom stereocenters. The molecular weight excluding hydrogens is 294 g/mol. The molecule has 2 aromatic carbocycles. The van der Waals surface area contributed by atoms with Gasteiger partial charge >= 0.3 is 5.97 Å². The molecule has 0 saturated carbocycles. The van der Waals surface area contributed by atoms with Crippen LogP contribution >= 0.6 is 0 Å². The number of carboxylic acids is 1. The zero-order chi connectivity index (χ0) is 16.6. The number of carboxylic acid groups (broad SMARTS) is 1. The monoisotopic (exact) mass is 307 g/mol. The van der Waals surface area contributed by atoms with Gasteiger partial charge in [0, 0.05) is 17.0 Å². The fourth-order valence-corrected chi connectivity index (χ4v) is 2.78. The minimum absolute atomic E-state index is 0.208. The molecule has 6 heteroatoms. The number of nitrogens with zero attached hydrogens (tertiary/aromatic N) is 2. The number of amides is 1. The maximum atomic E-state index is 11.5. The summed E-state index contributed by atoms with van der Waals surface area (Å²) in [5.41, 5.74) is 5.34. The van der Waals surface area contributed by atoms with E-state index in [2.05, 4.69) is 0 Å². The summed E-state index contributed by atoms with van der Waals surface area (Å²) < 4.78 is 1.32. The van der Waals surface area contributed by atoms with Crippen LogP contribution in [0.5, 0.6) is 0 Å². The van der Waals surface area contributed by atoms with Crippen molar-refractivity contribution in [2.75, 3.05) is 0 Å². The van der Waals surface area contributed by atoms with E-state index in [1.54, 1.807) is 6.20 Å². The molecule has 0 saturated heterocycles. The average Bonchev–Trinajstić information content (AvgIpc) is 2.86. The minimum Gasteiger partial charge on any atom is -0.480 e. The highest BCUT2D eigenvalue weighted by Gasteiger charge is 2.25. The van der Waals surface area contributed by atoms with E-state index in [4.69, 9.17) is 5.73 Å². The molecule has 3 N–H and O–H groups in total. The Morgan fingerprint density at radius 1 is 1.22 bits per heavy atom. The number of primary amides is 1. The first-order valence-electron chi connectivity index (χ1n) is 6.96. The van der Waals surface area contributed by atoms with Crippen LogP contribution in [-0.4, -0.2) is 21.6 Å². The lowest BCUT2D eigenvalue weighted by atomic mass is 10.1. The topological polar surface area (TPSA) is 109 Å². The Labute approximate surface area is 131 Å². The van der Waals surface area contributed by atoms with Gasteiger partial charge in [0.2, 0.25) is 5.91 Å². The maximum Gasteiger partial charge on any atom is 0.327 e. The lowest BCUT2D eigenvalue weighted by Gasteiger charge is -2.13. The summed E-state index contributed by atoms with van der Waals surface area (Å²) >= 11 is 0. The average molecular weight is 307 g/mol. The Kier molecular flexibility index (Phi) is 3.47. The lowest BCUT2D eigenvalue weighted by Crippen LogP contribution is -2.25. The van der Waals surface area contributed by atoms with Gasteiger partial charge in [-0.2, -0.15) is 5.26 Å². The van der Waals surface area contributed by atoms with Crippen LogP contribution in [0.25, 0.3) is 21.5 Å². The second-order valence-corrected chi connectivity index (χ2v) is 5.31. The van der Waals surface area contributed by atoms with Crippen molar-refractivity contribution in [3.8, 4) is 6.07 Å². The van der Waals surface area contributed by atoms with Crippen LogP contribution in [0, 0.1) is 11.3 Å². The van der Waals surface area contributed by atoms with E-state index in [0.717, 1.165) is 16.2 Å². The predicted molar refractivity (Wildman–Crippen MR) is 84.6 cm³/mol. The van der Waals surface area contributed by atoms with Gasteiger partial charge in [-0.1, -0.05) is 24.3 Å². The van der Waals surface area contributed by atoms with Crippen molar-refractivity contribution in [2.24, 2.45) is 5.73 Å². The number of nitriles is 1. The third-order valence-electron chi connectivity index (χ3n) is 3.83. The molecule has 0 aliphatic rings. The summed E-state index contributed by atoms with van der Waals surface area (Å²) in [6, 6.07) is 12.2. The third kappa shape index (κ3) is 2.49.